The number of nitrogens with two attached hydrogens (primary N) is 1. The molecule has 2 heterocycles. The number of hydrazine groups is 1. The lowest BCUT2D eigenvalue weighted by atomic mass is 9.82. The number of hydrogen-bond donors (Lipinski definition) is 2. The van der Waals surface area contributed by atoms with E-state index in [9.17, 15) is 4.79 Å². The summed E-state index contributed by atoms with van der Waals surface area (Å²) in [5.41, 5.74) is 0.690. The summed E-state index contributed by atoms with van der Waals surface area (Å²) in [5, 5.41) is 1.96. The molecule has 6 nitrogen and oxygen atoms in total. The van der Waals surface area contributed by atoms with Crippen molar-refractivity contribution in [3.8, 4) is 0 Å². The molecule has 0 aliphatic heterocycles. The fraction of sp³-hybridized carbons (Fsp3) is 0.500. The Bertz CT molecular complexity index is 615. The smallest absolute Gasteiger partial charge is 0.245 e. The molecule has 0 unspecified atom stereocenters. The molecule has 3 rings (SSSR count). The highest BCUT2D eigenvalue weighted by molar-refractivity contribution is 6.00. The molecule has 0 bridgehead atoms. The Morgan fingerprint density at radius 3 is 2.85 bits per heavy atom. The van der Waals surface area contributed by atoms with E-state index in [-0.39, 0.29) is 11.8 Å². The number of rotatable bonds is 2. The fourth-order valence-electron chi connectivity index (χ4n) is 2.86. The molecule has 3 N–H and O–H groups in total. The number of H-pyrrole nitrogens is 1. The number of nitrogens with zero attached hydrogens (tertiary/aromatic N) is 3. The van der Waals surface area contributed by atoms with Gasteiger partial charge in [0.05, 0.1) is 5.39 Å². The first-order chi connectivity index (χ1) is 9.66. The van der Waals surface area contributed by atoms with Crippen molar-refractivity contribution in [3.63, 3.8) is 0 Å². The van der Waals surface area contributed by atoms with Gasteiger partial charge in [0.25, 0.3) is 0 Å². The number of carbonyl (C=O) groups is 1. The Labute approximate surface area is 117 Å². The van der Waals surface area contributed by atoms with Crippen LogP contribution in [0.2, 0.25) is 0 Å². The molecule has 2 aromatic rings. The normalized spacial score (nSPS) is 22.9. The lowest BCUT2D eigenvalue weighted by Gasteiger charge is -2.28. The molecule has 2 aromatic heterocycles. The first-order valence-corrected chi connectivity index (χ1v) is 7.03. The van der Waals surface area contributed by atoms with E-state index in [1.807, 2.05) is 6.07 Å². The van der Waals surface area contributed by atoms with E-state index in [0.29, 0.717) is 17.4 Å². The van der Waals surface area contributed by atoms with Crippen LogP contribution in [-0.4, -0.2) is 20.9 Å². The topological polar surface area (TPSA) is 87.9 Å². The highest BCUT2D eigenvalue weighted by Crippen LogP contribution is 2.30. The van der Waals surface area contributed by atoms with Crippen LogP contribution in [0.5, 0.6) is 0 Å². The minimum absolute atomic E-state index is 0.0140. The predicted octanol–water partition coefficient (Wildman–Crippen LogP) is 1.99. The van der Waals surface area contributed by atoms with Gasteiger partial charge in [0.15, 0.2) is 5.82 Å². The zero-order chi connectivity index (χ0) is 14.1. The second-order valence-electron chi connectivity index (χ2n) is 5.60. The summed E-state index contributed by atoms with van der Waals surface area (Å²) in [6.07, 6.45) is 7.19. The van der Waals surface area contributed by atoms with Crippen LogP contribution in [0.1, 0.15) is 32.6 Å². The molecule has 6 heteroatoms. The molecule has 106 valence electrons. The number of carbonyl (C=O) groups excluding carboxylic acids is 1. The number of hydrogen-bond acceptors (Lipinski definition) is 4. The molecule has 20 heavy (non-hydrogen) atoms. The average molecular weight is 273 g/mol. The first kappa shape index (κ1) is 13.1. The van der Waals surface area contributed by atoms with Gasteiger partial charge in [0.1, 0.15) is 12.0 Å². The Morgan fingerprint density at radius 1 is 1.35 bits per heavy atom. The first-order valence-electron chi connectivity index (χ1n) is 7.03. The summed E-state index contributed by atoms with van der Waals surface area (Å²) in [5.74, 6) is 7.16. The molecular weight excluding hydrogens is 254 g/mol. The minimum Gasteiger partial charge on any atom is -0.346 e. The highest BCUT2D eigenvalue weighted by atomic mass is 16.2. The van der Waals surface area contributed by atoms with Crippen molar-refractivity contribution in [2.24, 2.45) is 17.7 Å². The van der Waals surface area contributed by atoms with E-state index >= 15 is 0 Å². The summed E-state index contributed by atoms with van der Waals surface area (Å²) >= 11 is 0. The Hall–Kier alpha value is -1.95. The standard InChI is InChI=1S/C14H19N5O/c1-9-2-4-10(5-3-9)14(20)19(15)13-11-6-7-16-12(11)17-8-18-13/h6-10H,2-5,15H2,1H3,(H,16,17,18). The van der Waals surface area contributed by atoms with Gasteiger partial charge in [0, 0.05) is 12.1 Å². The average Bonchev–Trinajstić information content (AvgIpc) is 2.95. The highest BCUT2D eigenvalue weighted by Gasteiger charge is 2.29. The van der Waals surface area contributed by atoms with E-state index < -0.39 is 0 Å². The monoisotopic (exact) mass is 273 g/mol. The second kappa shape index (κ2) is 5.20. The van der Waals surface area contributed by atoms with Crippen LogP contribution in [0.3, 0.4) is 0 Å². The minimum atomic E-state index is -0.0434. The van der Waals surface area contributed by atoms with Gasteiger partial charge < -0.3 is 4.98 Å². The molecule has 1 fully saturated rings. The van der Waals surface area contributed by atoms with Crippen LogP contribution in [0, 0.1) is 11.8 Å². The van der Waals surface area contributed by atoms with Gasteiger partial charge in [-0.25, -0.2) is 20.8 Å². The number of nitrogens with one attached hydrogen (secondary N) is 1. The van der Waals surface area contributed by atoms with E-state index in [0.717, 1.165) is 31.1 Å². The number of fused-ring (bicyclic) bond motifs is 1. The van der Waals surface area contributed by atoms with Crippen LogP contribution in [0.4, 0.5) is 5.82 Å². The maximum Gasteiger partial charge on any atom is 0.245 e. The van der Waals surface area contributed by atoms with Gasteiger partial charge in [-0.3, -0.25) is 4.79 Å². The molecule has 0 aromatic carbocycles. The van der Waals surface area contributed by atoms with Gasteiger partial charge in [-0.2, -0.15) is 0 Å². The van der Waals surface area contributed by atoms with Crippen molar-refractivity contribution in [3.05, 3.63) is 18.6 Å². The van der Waals surface area contributed by atoms with Crippen molar-refractivity contribution >= 4 is 22.8 Å². The molecule has 1 aliphatic rings. The van der Waals surface area contributed by atoms with Gasteiger partial charge in [-0.1, -0.05) is 6.92 Å². The summed E-state index contributed by atoms with van der Waals surface area (Å²) in [6, 6.07) is 1.83. The molecule has 1 aliphatic carbocycles. The van der Waals surface area contributed by atoms with Gasteiger partial charge in [-0.05, 0) is 37.7 Å². The predicted molar refractivity (Wildman–Crippen MR) is 76.7 cm³/mol. The van der Waals surface area contributed by atoms with E-state index in [1.54, 1.807) is 6.20 Å². The zero-order valence-corrected chi connectivity index (χ0v) is 11.5. The Balaban J connectivity index is 1.83. The van der Waals surface area contributed by atoms with Crippen LogP contribution < -0.4 is 10.9 Å². The van der Waals surface area contributed by atoms with Crippen molar-refractivity contribution in [1.82, 2.24) is 15.0 Å². The Morgan fingerprint density at radius 2 is 2.10 bits per heavy atom. The van der Waals surface area contributed by atoms with E-state index in [1.165, 1.54) is 11.3 Å². The summed E-state index contributed by atoms with van der Waals surface area (Å²) in [4.78, 5) is 23.8. The van der Waals surface area contributed by atoms with Crippen LogP contribution in [0.15, 0.2) is 18.6 Å². The molecule has 0 spiro atoms. The van der Waals surface area contributed by atoms with Gasteiger partial charge in [-0.15, -0.1) is 0 Å². The van der Waals surface area contributed by atoms with Gasteiger partial charge >= 0.3 is 0 Å². The quantitative estimate of drug-likeness (QED) is 0.497. The number of aromatic amines is 1. The SMILES string of the molecule is CC1CCC(C(=O)N(N)c2ncnc3[nH]ccc23)CC1. The lowest BCUT2D eigenvalue weighted by molar-refractivity contribution is -0.123. The van der Waals surface area contributed by atoms with Crippen LogP contribution in [0.25, 0.3) is 11.0 Å². The van der Waals surface area contributed by atoms with E-state index in [2.05, 4.69) is 21.9 Å². The Kier molecular flexibility index (Phi) is 3.40. The van der Waals surface area contributed by atoms with Crippen LogP contribution in [-0.2, 0) is 4.79 Å². The van der Waals surface area contributed by atoms with Crippen molar-refractivity contribution < 1.29 is 4.79 Å². The van der Waals surface area contributed by atoms with Crippen molar-refractivity contribution in [1.29, 1.82) is 0 Å². The van der Waals surface area contributed by atoms with Crippen molar-refractivity contribution in [2.75, 3.05) is 5.01 Å². The zero-order valence-electron chi connectivity index (χ0n) is 11.5. The number of anilines is 1. The molecule has 0 saturated heterocycles. The molecule has 1 saturated carbocycles. The molecule has 0 radical (unpaired) electrons. The van der Waals surface area contributed by atoms with Crippen molar-refractivity contribution in [2.45, 2.75) is 32.6 Å². The molecular formula is C14H19N5O. The third-order valence-corrected chi connectivity index (χ3v) is 4.16. The second-order valence-corrected chi connectivity index (χ2v) is 5.60. The largest absolute Gasteiger partial charge is 0.346 e. The summed E-state index contributed by atoms with van der Waals surface area (Å²) < 4.78 is 0. The summed E-state index contributed by atoms with van der Waals surface area (Å²) in [6.45, 7) is 2.23. The number of aromatic nitrogens is 3. The molecule has 1 amide bonds. The maximum absolute atomic E-state index is 12.5. The third kappa shape index (κ3) is 2.27. The molecule has 0 atom stereocenters. The maximum atomic E-state index is 12.5. The van der Waals surface area contributed by atoms with E-state index in [4.69, 9.17) is 5.84 Å². The van der Waals surface area contributed by atoms with Gasteiger partial charge in [0.2, 0.25) is 5.91 Å². The van der Waals surface area contributed by atoms with Crippen LogP contribution >= 0.6 is 0 Å². The third-order valence-electron chi connectivity index (χ3n) is 4.16. The number of amides is 1. The summed E-state index contributed by atoms with van der Waals surface area (Å²) in [7, 11) is 0. The lowest BCUT2D eigenvalue weighted by Crippen LogP contribution is -2.43. The fourth-order valence-corrected chi connectivity index (χ4v) is 2.86.